The number of fused-ring (bicyclic) bond motifs is 5. The van der Waals surface area contributed by atoms with Crippen molar-refractivity contribution >= 4 is 56.9 Å². The lowest BCUT2D eigenvalue weighted by Crippen LogP contribution is -2.48. The van der Waals surface area contributed by atoms with E-state index in [9.17, 15) is 19.2 Å². The molecule has 0 aromatic heterocycles. The Morgan fingerprint density at radius 3 is 2.34 bits per heavy atom. The third-order valence-electron chi connectivity index (χ3n) is 7.37. The number of rotatable bonds is 7. The second-order valence-electron chi connectivity index (χ2n) is 9.42. The second-order valence-corrected chi connectivity index (χ2v) is 10.7. The summed E-state index contributed by atoms with van der Waals surface area (Å²) in [5.41, 5.74) is 1.25. The molecule has 5 atom stereocenters. The standard InChI is InChI=1S/C26H24BrClN2O5/c27-18-9-8-17(12-19(18)28)29-21(31)13-35-26(34)20(10-14-4-2-1-3-5-14)30-24(32)22-15-6-7-16(11-15)23(22)25(30)33/h1-5,8-9,12,15-16,20,22-23H,6-7,10-11,13H2,(H,29,31)/t15-,16-,20-,22+,23+/m0/s1. The Morgan fingerprint density at radius 2 is 1.71 bits per heavy atom. The highest BCUT2D eigenvalue weighted by atomic mass is 79.9. The molecule has 0 unspecified atom stereocenters. The number of nitrogens with one attached hydrogen (secondary N) is 1. The van der Waals surface area contributed by atoms with E-state index in [0.717, 1.165) is 29.7 Å². The summed E-state index contributed by atoms with van der Waals surface area (Å²) >= 11 is 9.34. The van der Waals surface area contributed by atoms with Crippen LogP contribution in [0.15, 0.2) is 53.0 Å². The monoisotopic (exact) mass is 558 g/mol. The molecule has 1 heterocycles. The molecule has 2 saturated carbocycles. The predicted molar refractivity (Wildman–Crippen MR) is 132 cm³/mol. The smallest absolute Gasteiger partial charge is 0.330 e. The van der Waals surface area contributed by atoms with Gasteiger partial charge in [-0.05, 0) is 70.8 Å². The topological polar surface area (TPSA) is 92.8 Å². The number of ether oxygens (including phenoxy) is 1. The number of likely N-dealkylation sites (tertiary alicyclic amines) is 1. The van der Waals surface area contributed by atoms with Crippen LogP contribution >= 0.6 is 27.5 Å². The number of benzene rings is 2. The molecular formula is C26H24BrClN2O5. The van der Waals surface area contributed by atoms with Gasteiger partial charge in [-0.25, -0.2) is 4.79 Å². The molecule has 0 spiro atoms. The van der Waals surface area contributed by atoms with Gasteiger partial charge in [-0.3, -0.25) is 19.3 Å². The fourth-order valence-corrected chi connectivity index (χ4v) is 6.29. The molecule has 3 aliphatic rings. The maximum Gasteiger partial charge on any atom is 0.330 e. The third kappa shape index (κ3) is 4.61. The first kappa shape index (κ1) is 24.0. The Labute approximate surface area is 216 Å². The molecular weight excluding hydrogens is 536 g/mol. The summed E-state index contributed by atoms with van der Waals surface area (Å²) in [6.45, 7) is -0.549. The minimum Gasteiger partial charge on any atom is -0.454 e. The van der Waals surface area contributed by atoms with Crippen LogP contribution in [0.5, 0.6) is 0 Å². The first-order chi connectivity index (χ1) is 16.8. The maximum absolute atomic E-state index is 13.4. The Morgan fingerprint density at radius 1 is 1.06 bits per heavy atom. The van der Waals surface area contributed by atoms with E-state index in [4.69, 9.17) is 16.3 Å². The summed E-state index contributed by atoms with van der Waals surface area (Å²) in [6.07, 6.45) is 2.95. The van der Waals surface area contributed by atoms with Crippen LogP contribution in [0.1, 0.15) is 24.8 Å². The molecule has 35 heavy (non-hydrogen) atoms. The number of esters is 1. The zero-order valence-corrected chi connectivity index (χ0v) is 21.1. The quantitative estimate of drug-likeness (QED) is 0.405. The van der Waals surface area contributed by atoms with Crippen molar-refractivity contribution in [3.63, 3.8) is 0 Å². The molecule has 7 nitrogen and oxygen atoms in total. The van der Waals surface area contributed by atoms with Crippen LogP contribution in [-0.2, 0) is 30.3 Å². The van der Waals surface area contributed by atoms with E-state index in [2.05, 4.69) is 21.2 Å². The van der Waals surface area contributed by atoms with Gasteiger partial charge in [0.15, 0.2) is 6.61 Å². The Kier molecular flexibility index (Phi) is 6.68. The van der Waals surface area contributed by atoms with Crippen molar-refractivity contribution in [3.8, 4) is 0 Å². The second kappa shape index (κ2) is 9.74. The van der Waals surface area contributed by atoms with Gasteiger partial charge in [-0.2, -0.15) is 0 Å². The maximum atomic E-state index is 13.4. The van der Waals surface area contributed by atoms with Crippen LogP contribution in [0, 0.1) is 23.7 Å². The van der Waals surface area contributed by atoms with Gasteiger partial charge < -0.3 is 10.1 Å². The molecule has 5 rings (SSSR count). The van der Waals surface area contributed by atoms with Gasteiger partial charge in [0, 0.05) is 16.6 Å². The molecule has 3 fully saturated rings. The first-order valence-electron chi connectivity index (χ1n) is 11.7. The Balaban J connectivity index is 1.31. The van der Waals surface area contributed by atoms with Crippen LogP contribution in [0.4, 0.5) is 5.69 Å². The highest BCUT2D eigenvalue weighted by molar-refractivity contribution is 9.10. The van der Waals surface area contributed by atoms with Crippen molar-refractivity contribution in [3.05, 3.63) is 63.6 Å². The first-order valence-corrected chi connectivity index (χ1v) is 12.8. The summed E-state index contributed by atoms with van der Waals surface area (Å²) in [4.78, 5) is 53.5. The van der Waals surface area contributed by atoms with Crippen molar-refractivity contribution in [2.75, 3.05) is 11.9 Å². The number of carbonyl (C=O) groups excluding carboxylic acids is 4. The fourth-order valence-electron chi connectivity index (χ4n) is 5.86. The van der Waals surface area contributed by atoms with E-state index < -0.39 is 24.5 Å². The van der Waals surface area contributed by atoms with Gasteiger partial charge in [-0.15, -0.1) is 0 Å². The number of nitrogens with zero attached hydrogens (tertiary/aromatic N) is 1. The minimum atomic E-state index is -1.11. The van der Waals surface area contributed by atoms with E-state index in [1.165, 1.54) is 0 Å². The number of hydrogen-bond acceptors (Lipinski definition) is 5. The number of halogens is 2. The summed E-state index contributed by atoms with van der Waals surface area (Å²) in [5.74, 6) is -2.13. The van der Waals surface area contributed by atoms with Gasteiger partial charge in [-0.1, -0.05) is 41.9 Å². The summed E-state index contributed by atoms with van der Waals surface area (Å²) < 4.78 is 6.01. The number of carbonyl (C=O) groups is 4. The predicted octanol–water partition coefficient (Wildman–Crippen LogP) is 4.23. The summed E-state index contributed by atoms with van der Waals surface area (Å²) in [7, 11) is 0. The van der Waals surface area contributed by atoms with E-state index in [-0.39, 0.29) is 41.9 Å². The van der Waals surface area contributed by atoms with Gasteiger partial charge in [0.05, 0.1) is 16.9 Å². The molecule has 1 aliphatic heterocycles. The summed E-state index contributed by atoms with van der Waals surface area (Å²) in [5, 5.41) is 3.05. The van der Waals surface area contributed by atoms with Crippen molar-refractivity contribution in [1.82, 2.24) is 4.90 Å². The van der Waals surface area contributed by atoms with Crippen molar-refractivity contribution in [1.29, 1.82) is 0 Å². The Hall–Kier alpha value is -2.71. The molecule has 1 N–H and O–H groups in total. The minimum absolute atomic E-state index is 0.135. The van der Waals surface area contributed by atoms with Gasteiger partial charge >= 0.3 is 5.97 Å². The lowest BCUT2D eigenvalue weighted by atomic mass is 9.81. The lowest BCUT2D eigenvalue weighted by Gasteiger charge is -2.26. The van der Waals surface area contributed by atoms with Crippen molar-refractivity contribution in [2.45, 2.75) is 31.7 Å². The summed E-state index contributed by atoms with van der Waals surface area (Å²) in [6, 6.07) is 13.0. The average molecular weight is 560 g/mol. The normalized spacial score (nSPS) is 25.5. The van der Waals surface area contributed by atoms with Crippen LogP contribution in [0.3, 0.4) is 0 Å². The van der Waals surface area contributed by atoms with E-state index >= 15 is 0 Å². The number of anilines is 1. The van der Waals surface area contributed by atoms with Crippen molar-refractivity contribution in [2.24, 2.45) is 23.7 Å². The highest BCUT2D eigenvalue weighted by Gasteiger charge is 2.62. The largest absolute Gasteiger partial charge is 0.454 e. The molecule has 3 amide bonds. The van der Waals surface area contributed by atoms with E-state index in [0.29, 0.717) is 15.2 Å². The molecule has 9 heteroatoms. The molecule has 2 bridgehead atoms. The average Bonchev–Trinajstić information content (AvgIpc) is 3.53. The van der Waals surface area contributed by atoms with Crippen LogP contribution in [0.25, 0.3) is 0 Å². The highest BCUT2D eigenvalue weighted by Crippen LogP contribution is 2.56. The van der Waals surface area contributed by atoms with Gasteiger partial charge in [0.25, 0.3) is 5.91 Å². The van der Waals surface area contributed by atoms with E-state index in [1.807, 2.05) is 30.3 Å². The molecule has 0 radical (unpaired) electrons. The zero-order valence-electron chi connectivity index (χ0n) is 18.8. The van der Waals surface area contributed by atoms with E-state index in [1.54, 1.807) is 18.2 Å². The van der Waals surface area contributed by atoms with Crippen molar-refractivity contribution < 1.29 is 23.9 Å². The molecule has 1 saturated heterocycles. The van der Waals surface area contributed by atoms with Gasteiger partial charge in [0.2, 0.25) is 11.8 Å². The zero-order chi connectivity index (χ0) is 24.7. The van der Waals surface area contributed by atoms with Crippen LogP contribution < -0.4 is 5.32 Å². The Bertz CT molecular complexity index is 1160. The number of imide groups is 1. The molecule has 182 valence electrons. The van der Waals surface area contributed by atoms with Crippen LogP contribution in [0.2, 0.25) is 5.02 Å². The van der Waals surface area contributed by atoms with Crippen LogP contribution in [-0.4, -0.2) is 41.2 Å². The number of amides is 3. The molecule has 2 aliphatic carbocycles. The molecule has 2 aromatic carbocycles. The number of hydrogen-bond donors (Lipinski definition) is 1. The van der Waals surface area contributed by atoms with Gasteiger partial charge in [0.1, 0.15) is 6.04 Å². The lowest BCUT2D eigenvalue weighted by molar-refractivity contribution is -0.160. The SMILES string of the molecule is O=C(COC(=O)[C@H](Cc1ccccc1)N1C(=O)[C@@H]2[C@H]3CC[C@@H](C3)[C@H]2C1=O)Nc1ccc(Br)c(Cl)c1. The third-order valence-corrected chi connectivity index (χ3v) is 8.60. The molecule has 2 aromatic rings. The fraction of sp³-hybridized carbons (Fsp3) is 0.385.